The minimum Gasteiger partial charge on any atom is -0.493 e. The molecule has 0 heterocycles. The van der Waals surface area contributed by atoms with Gasteiger partial charge in [-0.15, -0.1) is 0 Å². The Hall–Kier alpha value is -0.580. The van der Waals surface area contributed by atoms with Crippen LogP contribution in [0.5, 0.6) is 5.75 Å². The first kappa shape index (κ1) is 16.8. The van der Waals surface area contributed by atoms with E-state index in [1.807, 2.05) is 0 Å². The molecule has 1 aliphatic carbocycles. The molecule has 1 fully saturated rings. The van der Waals surface area contributed by atoms with Crippen LogP contribution >= 0.6 is 15.9 Å². The minimum absolute atomic E-state index is 0.295. The molecule has 0 atom stereocenters. The molecule has 0 bridgehead atoms. The van der Waals surface area contributed by atoms with Crippen LogP contribution in [0.1, 0.15) is 49.7 Å². The highest BCUT2D eigenvalue weighted by Crippen LogP contribution is 2.29. The van der Waals surface area contributed by atoms with Gasteiger partial charge in [-0.25, -0.2) is 0 Å². The van der Waals surface area contributed by atoms with Crippen LogP contribution in [0.3, 0.4) is 0 Å². The van der Waals surface area contributed by atoms with Gasteiger partial charge in [0.2, 0.25) is 0 Å². The number of hydrogen-bond donors (Lipinski definition) is 2. The molecule has 0 saturated heterocycles. The van der Waals surface area contributed by atoms with Gasteiger partial charge >= 0.3 is 0 Å². The SMILES string of the molecule is Cc1cc(Br)cc(CNC2CC2)c1OCCCCCCO. The van der Waals surface area contributed by atoms with Crippen molar-refractivity contribution in [2.75, 3.05) is 13.2 Å². The Morgan fingerprint density at radius 3 is 2.71 bits per heavy atom. The summed E-state index contributed by atoms with van der Waals surface area (Å²) in [6.07, 6.45) is 6.74. The number of unbranched alkanes of at least 4 members (excludes halogenated alkanes) is 3. The lowest BCUT2D eigenvalue weighted by molar-refractivity contribution is 0.272. The van der Waals surface area contributed by atoms with Crippen molar-refractivity contribution in [3.63, 3.8) is 0 Å². The molecule has 0 aromatic heterocycles. The van der Waals surface area contributed by atoms with Gasteiger partial charge in [-0.2, -0.15) is 0 Å². The normalized spacial score (nSPS) is 14.4. The first-order chi connectivity index (χ1) is 10.2. The van der Waals surface area contributed by atoms with Gasteiger partial charge in [0.05, 0.1) is 6.61 Å². The fourth-order valence-corrected chi connectivity index (χ4v) is 3.04. The third-order valence-electron chi connectivity index (χ3n) is 3.77. The first-order valence-electron chi connectivity index (χ1n) is 7.96. The van der Waals surface area contributed by atoms with E-state index in [4.69, 9.17) is 9.84 Å². The third-order valence-corrected chi connectivity index (χ3v) is 4.23. The smallest absolute Gasteiger partial charge is 0.126 e. The lowest BCUT2D eigenvalue weighted by Gasteiger charge is -2.15. The molecule has 2 rings (SSSR count). The van der Waals surface area contributed by atoms with E-state index in [9.17, 15) is 0 Å². The van der Waals surface area contributed by atoms with E-state index >= 15 is 0 Å². The largest absolute Gasteiger partial charge is 0.493 e. The highest BCUT2D eigenvalue weighted by molar-refractivity contribution is 9.10. The van der Waals surface area contributed by atoms with Crippen LogP contribution < -0.4 is 10.1 Å². The van der Waals surface area contributed by atoms with E-state index in [-0.39, 0.29) is 0 Å². The summed E-state index contributed by atoms with van der Waals surface area (Å²) in [7, 11) is 0. The number of rotatable bonds is 10. The molecule has 0 radical (unpaired) electrons. The van der Waals surface area contributed by atoms with E-state index in [1.165, 1.54) is 24.0 Å². The summed E-state index contributed by atoms with van der Waals surface area (Å²) < 4.78 is 7.15. The Morgan fingerprint density at radius 2 is 2.00 bits per heavy atom. The second-order valence-corrected chi connectivity index (χ2v) is 6.77. The van der Waals surface area contributed by atoms with Crippen LogP contribution in [0.2, 0.25) is 0 Å². The van der Waals surface area contributed by atoms with Gasteiger partial charge in [-0.05, 0) is 56.7 Å². The van der Waals surface area contributed by atoms with Crippen LogP contribution in [0.15, 0.2) is 16.6 Å². The number of nitrogens with one attached hydrogen (secondary N) is 1. The predicted octanol–water partition coefficient (Wildman–Crippen LogP) is 3.94. The molecule has 2 N–H and O–H groups in total. The Balaban J connectivity index is 1.86. The number of halogens is 1. The average molecular weight is 356 g/mol. The number of aliphatic hydroxyl groups is 1. The van der Waals surface area contributed by atoms with Gasteiger partial charge < -0.3 is 15.2 Å². The zero-order valence-corrected chi connectivity index (χ0v) is 14.4. The Kier molecular flexibility index (Phi) is 7.00. The van der Waals surface area contributed by atoms with Crippen molar-refractivity contribution >= 4 is 15.9 Å². The lowest BCUT2D eigenvalue weighted by atomic mass is 10.1. The van der Waals surface area contributed by atoms with Gasteiger partial charge in [-0.3, -0.25) is 0 Å². The number of ether oxygens (including phenoxy) is 1. The second kappa shape index (κ2) is 8.76. The highest BCUT2D eigenvalue weighted by atomic mass is 79.9. The highest BCUT2D eigenvalue weighted by Gasteiger charge is 2.21. The molecular weight excluding hydrogens is 330 g/mol. The van der Waals surface area contributed by atoms with E-state index in [0.717, 1.165) is 49.1 Å². The van der Waals surface area contributed by atoms with Crippen molar-refractivity contribution < 1.29 is 9.84 Å². The maximum atomic E-state index is 8.77. The van der Waals surface area contributed by atoms with Crippen LogP contribution in [0.25, 0.3) is 0 Å². The first-order valence-corrected chi connectivity index (χ1v) is 8.76. The van der Waals surface area contributed by atoms with E-state index in [2.05, 4.69) is 40.3 Å². The maximum absolute atomic E-state index is 8.77. The molecule has 21 heavy (non-hydrogen) atoms. The molecule has 1 aromatic rings. The van der Waals surface area contributed by atoms with Crippen molar-refractivity contribution in [2.24, 2.45) is 0 Å². The fourth-order valence-electron chi connectivity index (χ4n) is 2.42. The van der Waals surface area contributed by atoms with Gasteiger partial charge in [0, 0.05) is 29.2 Å². The van der Waals surface area contributed by atoms with Gasteiger partial charge in [0.15, 0.2) is 0 Å². The van der Waals surface area contributed by atoms with E-state index in [0.29, 0.717) is 12.6 Å². The number of hydrogen-bond acceptors (Lipinski definition) is 3. The zero-order valence-electron chi connectivity index (χ0n) is 12.8. The van der Waals surface area contributed by atoms with Crippen LogP contribution in [-0.4, -0.2) is 24.4 Å². The number of aliphatic hydroxyl groups excluding tert-OH is 1. The minimum atomic E-state index is 0.295. The predicted molar refractivity (Wildman–Crippen MR) is 89.8 cm³/mol. The van der Waals surface area contributed by atoms with Crippen LogP contribution in [0, 0.1) is 6.92 Å². The molecular formula is C17H26BrNO2. The molecule has 118 valence electrons. The molecule has 4 heteroatoms. The van der Waals surface area contributed by atoms with E-state index < -0.39 is 0 Å². The Labute approximate surface area is 136 Å². The Morgan fingerprint density at radius 1 is 1.24 bits per heavy atom. The molecule has 1 saturated carbocycles. The molecule has 0 unspecified atom stereocenters. The molecule has 0 spiro atoms. The summed E-state index contributed by atoms with van der Waals surface area (Å²) in [4.78, 5) is 0. The van der Waals surface area contributed by atoms with Crippen LogP contribution in [0.4, 0.5) is 0 Å². The summed E-state index contributed by atoms with van der Waals surface area (Å²) in [5.74, 6) is 1.04. The average Bonchev–Trinajstić information content (AvgIpc) is 3.26. The van der Waals surface area contributed by atoms with Crippen molar-refractivity contribution in [1.29, 1.82) is 0 Å². The monoisotopic (exact) mass is 355 g/mol. The van der Waals surface area contributed by atoms with Gasteiger partial charge in [0.25, 0.3) is 0 Å². The molecule has 0 aliphatic heterocycles. The maximum Gasteiger partial charge on any atom is 0.126 e. The van der Waals surface area contributed by atoms with Crippen molar-refractivity contribution in [3.05, 3.63) is 27.7 Å². The van der Waals surface area contributed by atoms with Crippen molar-refractivity contribution in [2.45, 2.75) is 58.0 Å². The number of benzene rings is 1. The molecule has 1 aromatic carbocycles. The summed E-state index contributed by atoms with van der Waals surface area (Å²) in [5.41, 5.74) is 2.43. The van der Waals surface area contributed by atoms with Crippen molar-refractivity contribution in [3.8, 4) is 5.75 Å². The van der Waals surface area contributed by atoms with Crippen LogP contribution in [-0.2, 0) is 6.54 Å². The molecule has 0 amide bonds. The summed E-state index contributed by atoms with van der Waals surface area (Å²) in [6, 6.07) is 4.97. The fraction of sp³-hybridized carbons (Fsp3) is 0.647. The number of aryl methyl sites for hydroxylation is 1. The lowest BCUT2D eigenvalue weighted by Crippen LogP contribution is -2.16. The Bertz CT molecular complexity index is 447. The molecule has 3 nitrogen and oxygen atoms in total. The third kappa shape index (κ3) is 5.97. The standard InChI is InChI=1S/C17H26BrNO2/c1-13-10-15(18)11-14(12-19-16-6-7-16)17(13)21-9-5-3-2-4-8-20/h10-11,16,19-20H,2-9,12H2,1H3. The summed E-state index contributed by atoms with van der Waals surface area (Å²) in [6.45, 7) is 4.03. The topological polar surface area (TPSA) is 41.5 Å². The van der Waals surface area contributed by atoms with Crippen molar-refractivity contribution in [1.82, 2.24) is 5.32 Å². The quantitative estimate of drug-likeness (QED) is 0.624. The summed E-state index contributed by atoms with van der Waals surface area (Å²) in [5, 5.41) is 12.3. The summed E-state index contributed by atoms with van der Waals surface area (Å²) >= 11 is 3.57. The zero-order chi connectivity index (χ0) is 15.1. The molecule has 1 aliphatic rings. The van der Waals surface area contributed by atoms with Gasteiger partial charge in [-0.1, -0.05) is 22.4 Å². The van der Waals surface area contributed by atoms with E-state index in [1.54, 1.807) is 0 Å². The van der Waals surface area contributed by atoms with Gasteiger partial charge in [0.1, 0.15) is 5.75 Å². The second-order valence-electron chi connectivity index (χ2n) is 5.85.